The molecular weight excluding hydrogens is 416 g/mol. The van der Waals surface area contributed by atoms with Crippen molar-refractivity contribution in [1.82, 2.24) is 10.3 Å². The molecule has 0 aliphatic carbocycles. The fourth-order valence-electron chi connectivity index (χ4n) is 3.19. The molecule has 168 valence electrons. The quantitative estimate of drug-likeness (QED) is 0.324. The van der Waals surface area contributed by atoms with E-state index in [1.807, 2.05) is 0 Å². The van der Waals surface area contributed by atoms with Crippen molar-refractivity contribution >= 4 is 23.2 Å². The maximum Gasteiger partial charge on any atom is 0.313 e. The number of carbonyl (C=O) groups is 2. The van der Waals surface area contributed by atoms with Crippen LogP contribution in [-0.4, -0.2) is 34.7 Å². The number of anilines is 1. The second-order valence-electron chi connectivity index (χ2n) is 7.75. The van der Waals surface area contributed by atoms with E-state index in [4.69, 9.17) is 14.4 Å². The summed E-state index contributed by atoms with van der Waals surface area (Å²) in [7, 11) is 1.49. The second-order valence-corrected chi connectivity index (χ2v) is 7.75. The highest BCUT2D eigenvalue weighted by Crippen LogP contribution is 2.32. The van der Waals surface area contributed by atoms with Crippen LogP contribution in [0.4, 0.5) is 11.4 Å². The molecule has 0 bridgehead atoms. The molecule has 0 saturated carbocycles. The molecule has 10 nitrogen and oxygen atoms in total. The summed E-state index contributed by atoms with van der Waals surface area (Å²) in [6.45, 7) is 3.55. The Morgan fingerprint density at radius 3 is 2.50 bits per heavy atom. The van der Waals surface area contributed by atoms with Gasteiger partial charge in [0.05, 0.1) is 18.9 Å². The Morgan fingerprint density at radius 1 is 1.19 bits per heavy atom. The number of oxazole rings is 1. The Hall–Kier alpha value is -3.73. The van der Waals surface area contributed by atoms with E-state index in [1.165, 1.54) is 25.6 Å². The highest BCUT2D eigenvalue weighted by Gasteiger charge is 2.25. The van der Waals surface area contributed by atoms with Gasteiger partial charge in [-0.1, -0.05) is 12.1 Å². The van der Waals surface area contributed by atoms with E-state index in [0.29, 0.717) is 29.2 Å². The van der Waals surface area contributed by atoms with Crippen molar-refractivity contribution in [2.45, 2.75) is 25.8 Å². The van der Waals surface area contributed by atoms with Crippen LogP contribution in [0.1, 0.15) is 19.4 Å². The van der Waals surface area contributed by atoms with Crippen molar-refractivity contribution in [3.63, 3.8) is 0 Å². The lowest BCUT2D eigenvalue weighted by Crippen LogP contribution is -2.99. The van der Waals surface area contributed by atoms with Gasteiger partial charge in [0, 0.05) is 29.4 Å². The first-order valence-electron chi connectivity index (χ1n) is 9.71. The van der Waals surface area contributed by atoms with E-state index in [-0.39, 0.29) is 5.69 Å². The zero-order chi connectivity index (χ0) is 23.3. The summed E-state index contributed by atoms with van der Waals surface area (Å²) in [6.07, 6.45) is 3.25. The van der Waals surface area contributed by atoms with Gasteiger partial charge in [0.2, 0.25) is 0 Å². The van der Waals surface area contributed by atoms with Crippen LogP contribution in [0.25, 0.3) is 11.3 Å². The third-order valence-corrected chi connectivity index (χ3v) is 4.66. The zero-order valence-electron chi connectivity index (χ0n) is 17.8. The molecule has 0 saturated heterocycles. The second kappa shape index (κ2) is 9.60. The Morgan fingerprint density at radius 2 is 1.91 bits per heavy atom. The van der Waals surface area contributed by atoms with Crippen molar-refractivity contribution in [3.8, 4) is 17.1 Å². The van der Waals surface area contributed by atoms with E-state index in [9.17, 15) is 14.8 Å². The van der Waals surface area contributed by atoms with E-state index >= 15 is 0 Å². The first-order chi connectivity index (χ1) is 15.2. The van der Waals surface area contributed by atoms with Gasteiger partial charge in [-0.25, -0.2) is 10.2 Å². The van der Waals surface area contributed by atoms with Gasteiger partial charge in [-0.15, -0.1) is 0 Å². The van der Waals surface area contributed by atoms with Gasteiger partial charge < -0.3 is 25.0 Å². The topological polar surface area (TPSA) is 141 Å². The standard InChI is InChI=1S/C22H24N4O6/c1-22(2,11-14-4-7-16(8-5-14)26(29)30)25-21(28)20(27)24-15-6-9-17(18(10-15)31-3)19-12-23-13-32-19/h4-10,12-13,26,29H,11H2,1-3H3,(H,24,27)(H,25,28). The maximum atomic E-state index is 12.4. The monoisotopic (exact) mass is 440 g/mol. The Balaban J connectivity index is 1.63. The first kappa shape index (κ1) is 22.9. The average Bonchev–Trinajstić information content (AvgIpc) is 3.28. The van der Waals surface area contributed by atoms with Crippen LogP contribution in [0.5, 0.6) is 5.75 Å². The first-order valence-corrected chi connectivity index (χ1v) is 9.71. The number of benzene rings is 2. The normalized spacial score (nSPS) is 12.2. The fraction of sp³-hybridized carbons (Fsp3) is 0.227. The molecule has 1 atom stereocenters. The largest absolute Gasteiger partial charge is 0.595 e. The summed E-state index contributed by atoms with van der Waals surface area (Å²) in [5, 5.41) is 24.2. The number of ether oxygens (including phenoxy) is 1. The minimum Gasteiger partial charge on any atom is -0.595 e. The van der Waals surface area contributed by atoms with E-state index in [0.717, 1.165) is 5.56 Å². The molecule has 2 aromatic carbocycles. The summed E-state index contributed by atoms with van der Waals surface area (Å²) < 4.78 is 10.6. The number of hydrogen-bond donors (Lipinski definition) is 4. The predicted molar refractivity (Wildman–Crippen MR) is 115 cm³/mol. The molecule has 10 heteroatoms. The molecule has 0 fully saturated rings. The number of aromatic nitrogens is 1. The molecule has 2 amide bonds. The number of carbonyl (C=O) groups excluding carboxylic acids is 2. The molecule has 4 N–H and O–H groups in total. The van der Waals surface area contributed by atoms with Crippen molar-refractivity contribution in [3.05, 3.63) is 65.8 Å². The lowest BCUT2D eigenvalue weighted by atomic mass is 9.94. The van der Waals surface area contributed by atoms with Crippen LogP contribution < -0.4 is 20.6 Å². The van der Waals surface area contributed by atoms with Gasteiger partial charge >= 0.3 is 11.8 Å². The lowest BCUT2D eigenvalue weighted by Gasteiger charge is -2.26. The summed E-state index contributed by atoms with van der Waals surface area (Å²) in [6, 6.07) is 11.3. The summed E-state index contributed by atoms with van der Waals surface area (Å²) in [4.78, 5) is 28.7. The third-order valence-electron chi connectivity index (χ3n) is 4.66. The molecule has 1 heterocycles. The van der Waals surface area contributed by atoms with Crippen LogP contribution in [0.15, 0.2) is 59.5 Å². The van der Waals surface area contributed by atoms with Crippen molar-refractivity contribution in [2.75, 3.05) is 12.4 Å². The van der Waals surface area contributed by atoms with Gasteiger partial charge in [-0.05, 0) is 38.0 Å². The van der Waals surface area contributed by atoms with E-state index in [1.54, 1.807) is 50.4 Å². The molecule has 32 heavy (non-hydrogen) atoms. The Bertz CT molecular complexity index is 1080. The molecular formula is C22H24N4O6. The van der Waals surface area contributed by atoms with Gasteiger partial charge in [0.1, 0.15) is 5.75 Å². The van der Waals surface area contributed by atoms with Gasteiger partial charge in [-0.3, -0.25) is 9.59 Å². The molecule has 1 unspecified atom stereocenters. The van der Waals surface area contributed by atoms with Crippen LogP contribution in [0, 0.1) is 5.21 Å². The van der Waals surface area contributed by atoms with Crippen LogP contribution in [0.3, 0.4) is 0 Å². The Labute approximate surface area is 184 Å². The smallest absolute Gasteiger partial charge is 0.313 e. The van der Waals surface area contributed by atoms with Gasteiger partial charge in [0.15, 0.2) is 17.8 Å². The molecule has 0 aliphatic heterocycles. The highest BCUT2D eigenvalue weighted by molar-refractivity contribution is 6.39. The SMILES string of the molecule is COc1cc(NC(=O)C(=O)NC(C)(C)Cc2ccc([NH+]([O-])O)cc2)ccc1-c1cnco1. The number of hydrogen-bond acceptors (Lipinski definition) is 7. The van der Waals surface area contributed by atoms with E-state index < -0.39 is 22.6 Å². The van der Waals surface area contributed by atoms with Gasteiger partial charge in [0.25, 0.3) is 0 Å². The van der Waals surface area contributed by atoms with Crippen molar-refractivity contribution in [2.24, 2.45) is 0 Å². The highest BCUT2D eigenvalue weighted by atomic mass is 16.8. The number of methoxy groups -OCH3 is 1. The van der Waals surface area contributed by atoms with Crippen LogP contribution in [0.2, 0.25) is 0 Å². The van der Waals surface area contributed by atoms with E-state index in [2.05, 4.69) is 15.6 Å². The van der Waals surface area contributed by atoms with Crippen molar-refractivity contribution < 1.29 is 29.2 Å². The lowest BCUT2D eigenvalue weighted by molar-refractivity contribution is -0.991. The Kier molecular flexibility index (Phi) is 6.89. The number of nitrogens with zero attached hydrogens (tertiary/aromatic N) is 1. The molecule has 0 radical (unpaired) electrons. The molecule has 3 rings (SSSR count). The summed E-state index contributed by atoms with van der Waals surface area (Å²) >= 11 is 0. The van der Waals surface area contributed by atoms with Gasteiger partial charge in [-0.2, -0.15) is 5.23 Å². The summed E-state index contributed by atoms with van der Waals surface area (Å²) in [5.74, 6) is -0.662. The molecule has 1 aromatic heterocycles. The molecule has 0 aliphatic rings. The fourth-order valence-corrected chi connectivity index (χ4v) is 3.19. The number of quaternary nitrogens is 1. The zero-order valence-corrected chi connectivity index (χ0v) is 17.8. The number of nitrogens with one attached hydrogen (secondary N) is 3. The predicted octanol–water partition coefficient (Wildman–Crippen LogP) is 1.83. The molecule has 0 spiro atoms. The van der Waals surface area contributed by atoms with Crippen molar-refractivity contribution in [1.29, 1.82) is 0 Å². The minimum absolute atomic E-state index is 0.180. The third kappa shape index (κ3) is 5.70. The average molecular weight is 440 g/mol. The minimum atomic E-state index is -1.01. The number of rotatable bonds is 7. The molecule has 3 aromatic rings. The number of amides is 2. The summed E-state index contributed by atoms with van der Waals surface area (Å²) in [5.41, 5.74) is 1.30. The maximum absolute atomic E-state index is 12.4. The van der Waals surface area contributed by atoms with Crippen LogP contribution >= 0.6 is 0 Å². The van der Waals surface area contributed by atoms with Crippen LogP contribution in [-0.2, 0) is 16.0 Å².